The predicted octanol–water partition coefficient (Wildman–Crippen LogP) is 1.24. The van der Waals surface area contributed by atoms with E-state index in [0.29, 0.717) is 5.56 Å². The number of nitrogens with zero attached hydrogens (tertiary/aromatic N) is 1. The summed E-state index contributed by atoms with van der Waals surface area (Å²) in [7, 11) is -0.867. The average molecular weight is 324 g/mol. The number of carbonyl (C=O) groups excluding carboxylic acids is 1. The zero-order valence-electron chi connectivity index (χ0n) is 12.7. The van der Waals surface area contributed by atoms with Crippen molar-refractivity contribution in [1.82, 2.24) is 9.62 Å². The second-order valence-corrected chi connectivity index (χ2v) is 6.84. The summed E-state index contributed by atoms with van der Waals surface area (Å²) >= 11 is 0. The molecule has 1 fully saturated rings. The van der Waals surface area contributed by atoms with Gasteiger partial charge in [-0.2, -0.15) is 0 Å². The molecule has 1 aliphatic rings. The van der Waals surface area contributed by atoms with Gasteiger partial charge in [0.15, 0.2) is 0 Å². The number of hydrogen-bond acceptors (Lipinski definition) is 4. The summed E-state index contributed by atoms with van der Waals surface area (Å²) in [4.78, 5) is 13.8. The summed E-state index contributed by atoms with van der Waals surface area (Å²) in [5.74, 6) is 0.212. The first-order valence-corrected chi connectivity index (χ1v) is 8.55. The fourth-order valence-corrected chi connectivity index (χ4v) is 3.25. The van der Waals surface area contributed by atoms with Crippen LogP contribution in [0.15, 0.2) is 29.2 Å². The first kappa shape index (κ1) is 16.5. The molecule has 1 heterocycles. The van der Waals surface area contributed by atoms with Crippen LogP contribution >= 0.6 is 0 Å². The maximum Gasteiger partial charge on any atom is 0.246 e. The van der Waals surface area contributed by atoms with E-state index in [4.69, 9.17) is 4.74 Å². The van der Waals surface area contributed by atoms with Gasteiger partial charge in [0.25, 0.3) is 0 Å². The van der Waals surface area contributed by atoms with E-state index >= 15 is 0 Å². The Bertz CT molecular complexity index is 677. The zero-order valence-corrected chi connectivity index (χ0v) is 13.5. The molecule has 7 heteroatoms. The average Bonchev–Trinajstić information content (AvgIpc) is 3.06. The lowest BCUT2D eigenvalue weighted by Crippen LogP contribution is -2.25. The third-order valence-electron chi connectivity index (χ3n) is 3.58. The lowest BCUT2D eigenvalue weighted by atomic mass is 10.2. The Morgan fingerprint density at radius 3 is 2.59 bits per heavy atom. The number of sulfonamides is 1. The number of likely N-dealkylation sites (tertiary alicyclic amines) is 1. The van der Waals surface area contributed by atoms with Crippen LogP contribution in [0.25, 0.3) is 6.08 Å². The molecule has 1 aliphatic heterocycles. The molecule has 1 amide bonds. The second-order valence-electron chi connectivity index (χ2n) is 4.98. The smallest absolute Gasteiger partial charge is 0.246 e. The topological polar surface area (TPSA) is 75.7 Å². The van der Waals surface area contributed by atoms with Crippen molar-refractivity contribution < 1.29 is 17.9 Å². The highest BCUT2D eigenvalue weighted by molar-refractivity contribution is 7.89. The number of carbonyl (C=O) groups is 1. The summed E-state index contributed by atoms with van der Waals surface area (Å²) in [5, 5.41) is 0. The standard InChI is InChI=1S/C15H20N2O4S/c1-16-22(19,20)14-11-12(5-7-13(14)21-2)6-8-15(18)17-9-3-4-10-17/h5-8,11,16H,3-4,9-10H2,1-2H3. The van der Waals surface area contributed by atoms with Crippen LogP contribution in [0, 0.1) is 0 Å². The van der Waals surface area contributed by atoms with Crippen LogP contribution in [-0.4, -0.2) is 46.5 Å². The van der Waals surface area contributed by atoms with Gasteiger partial charge >= 0.3 is 0 Å². The number of rotatable bonds is 5. The maximum absolute atomic E-state index is 12.0. The highest BCUT2D eigenvalue weighted by atomic mass is 32.2. The van der Waals surface area contributed by atoms with Crippen molar-refractivity contribution in [3.63, 3.8) is 0 Å². The molecule has 120 valence electrons. The Balaban J connectivity index is 2.25. The Morgan fingerprint density at radius 2 is 2.00 bits per heavy atom. The number of benzene rings is 1. The van der Waals surface area contributed by atoms with Crippen molar-refractivity contribution >= 4 is 22.0 Å². The Hall–Kier alpha value is -1.86. The summed E-state index contributed by atoms with van der Waals surface area (Å²) in [6, 6.07) is 4.77. The molecular weight excluding hydrogens is 304 g/mol. The van der Waals surface area contributed by atoms with Crippen LogP contribution in [0.2, 0.25) is 0 Å². The van der Waals surface area contributed by atoms with Crippen molar-refractivity contribution in [1.29, 1.82) is 0 Å². The fraction of sp³-hybridized carbons (Fsp3) is 0.400. The predicted molar refractivity (Wildman–Crippen MR) is 84.1 cm³/mol. The minimum absolute atomic E-state index is 0.0493. The molecule has 22 heavy (non-hydrogen) atoms. The van der Waals surface area contributed by atoms with Crippen molar-refractivity contribution in [3.05, 3.63) is 29.8 Å². The second kappa shape index (κ2) is 6.93. The minimum atomic E-state index is -3.62. The van der Waals surface area contributed by atoms with Crippen molar-refractivity contribution in [2.75, 3.05) is 27.2 Å². The zero-order chi connectivity index (χ0) is 16.2. The molecule has 1 aromatic rings. The molecule has 0 saturated carbocycles. The summed E-state index contributed by atoms with van der Waals surface area (Å²) in [5.41, 5.74) is 0.627. The number of ether oxygens (including phenoxy) is 1. The van der Waals surface area contributed by atoms with Gasteiger partial charge in [-0.3, -0.25) is 4.79 Å². The van der Waals surface area contributed by atoms with Gasteiger partial charge in [0.05, 0.1) is 7.11 Å². The van der Waals surface area contributed by atoms with Crippen LogP contribution in [0.3, 0.4) is 0 Å². The van der Waals surface area contributed by atoms with Crippen LogP contribution in [0.4, 0.5) is 0 Å². The third kappa shape index (κ3) is 3.66. The first-order valence-electron chi connectivity index (χ1n) is 7.06. The molecule has 0 radical (unpaired) electrons. The molecule has 1 N–H and O–H groups in total. The molecule has 0 bridgehead atoms. The lowest BCUT2D eigenvalue weighted by Gasteiger charge is -2.12. The third-order valence-corrected chi connectivity index (χ3v) is 5.02. The Morgan fingerprint density at radius 1 is 1.32 bits per heavy atom. The number of methoxy groups -OCH3 is 1. The molecule has 0 unspecified atom stereocenters. The molecule has 0 spiro atoms. The normalized spacial score (nSPS) is 15.5. The van der Waals surface area contributed by atoms with Gasteiger partial charge in [-0.25, -0.2) is 13.1 Å². The molecule has 1 aromatic carbocycles. The van der Waals surface area contributed by atoms with Gasteiger partial charge in [0, 0.05) is 19.2 Å². The van der Waals surface area contributed by atoms with Crippen LogP contribution in [0.1, 0.15) is 18.4 Å². The molecule has 0 aromatic heterocycles. The largest absolute Gasteiger partial charge is 0.495 e. The van der Waals surface area contributed by atoms with Crippen LogP contribution in [0.5, 0.6) is 5.75 Å². The van der Waals surface area contributed by atoms with E-state index in [2.05, 4.69) is 4.72 Å². The molecule has 0 aliphatic carbocycles. The van der Waals surface area contributed by atoms with Crippen molar-refractivity contribution in [3.8, 4) is 5.75 Å². The van der Waals surface area contributed by atoms with Gasteiger partial charge in [0.1, 0.15) is 10.6 Å². The van der Waals surface area contributed by atoms with E-state index in [1.165, 1.54) is 26.3 Å². The van der Waals surface area contributed by atoms with Crippen molar-refractivity contribution in [2.45, 2.75) is 17.7 Å². The summed E-state index contributed by atoms with van der Waals surface area (Å²) < 4.78 is 31.3. The highest BCUT2D eigenvalue weighted by Gasteiger charge is 2.18. The van der Waals surface area contributed by atoms with Crippen LogP contribution in [-0.2, 0) is 14.8 Å². The Labute approximate surface area is 130 Å². The van der Waals surface area contributed by atoms with Gasteiger partial charge in [-0.1, -0.05) is 6.07 Å². The summed E-state index contributed by atoms with van der Waals surface area (Å²) in [6.45, 7) is 1.57. The SMILES string of the molecule is CNS(=O)(=O)c1cc(C=CC(=O)N2CCCC2)ccc1OC. The minimum Gasteiger partial charge on any atom is -0.495 e. The Kier molecular flexibility index (Phi) is 5.20. The van der Waals surface area contributed by atoms with Gasteiger partial charge in [-0.05, 0) is 43.7 Å². The summed E-state index contributed by atoms with van der Waals surface area (Å²) in [6.07, 6.45) is 5.16. The first-order chi connectivity index (χ1) is 10.5. The van der Waals surface area contributed by atoms with Crippen molar-refractivity contribution in [2.24, 2.45) is 0 Å². The van der Waals surface area contributed by atoms with Crippen LogP contribution < -0.4 is 9.46 Å². The van der Waals surface area contributed by atoms with Gasteiger partial charge in [-0.15, -0.1) is 0 Å². The molecule has 6 nitrogen and oxygen atoms in total. The quantitative estimate of drug-likeness (QED) is 0.827. The lowest BCUT2D eigenvalue weighted by molar-refractivity contribution is -0.124. The number of nitrogens with one attached hydrogen (secondary N) is 1. The maximum atomic E-state index is 12.0. The molecular formula is C15H20N2O4S. The van der Waals surface area contributed by atoms with E-state index in [1.807, 2.05) is 0 Å². The van der Waals surface area contributed by atoms with E-state index in [9.17, 15) is 13.2 Å². The van der Waals surface area contributed by atoms with Gasteiger partial charge in [0.2, 0.25) is 15.9 Å². The highest BCUT2D eigenvalue weighted by Crippen LogP contribution is 2.25. The molecule has 2 rings (SSSR count). The van der Waals surface area contributed by atoms with E-state index < -0.39 is 10.0 Å². The molecule has 1 saturated heterocycles. The number of amides is 1. The molecule has 0 atom stereocenters. The number of hydrogen-bond donors (Lipinski definition) is 1. The monoisotopic (exact) mass is 324 g/mol. The fourth-order valence-electron chi connectivity index (χ4n) is 2.33. The van der Waals surface area contributed by atoms with Gasteiger partial charge < -0.3 is 9.64 Å². The van der Waals surface area contributed by atoms with E-state index in [0.717, 1.165) is 25.9 Å². The van der Waals surface area contributed by atoms with E-state index in [1.54, 1.807) is 23.1 Å². The van der Waals surface area contributed by atoms with E-state index in [-0.39, 0.29) is 16.6 Å².